The van der Waals surface area contributed by atoms with E-state index >= 15 is 0 Å². The summed E-state index contributed by atoms with van der Waals surface area (Å²) >= 11 is 0. The molecule has 6 heteroatoms. The van der Waals surface area contributed by atoms with Crippen LogP contribution in [0.4, 0.5) is 0 Å². The van der Waals surface area contributed by atoms with Crippen LogP contribution in [0, 0.1) is 6.92 Å². The second-order valence-electron chi connectivity index (χ2n) is 4.62. The summed E-state index contributed by atoms with van der Waals surface area (Å²) in [7, 11) is 3.35. The Morgan fingerprint density at radius 2 is 2.25 bits per heavy atom. The van der Waals surface area contributed by atoms with Crippen molar-refractivity contribution in [2.45, 2.75) is 19.9 Å². The summed E-state index contributed by atoms with van der Waals surface area (Å²) in [5, 5.41) is 6.78. The third-order valence-corrected chi connectivity index (χ3v) is 2.94. The van der Waals surface area contributed by atoms with Gasteiger partial charge in [0, 0.05) is 7.05 Å². The van der Waals surface area contributed by atoms with Gasteiger partial charge in [-0.25, -0.2) is 4.98 Å². The third-order valence-electron chi connectivity index (χ3n) is 2.94. The van der Waals surface area contributed by atoms with Crippen molar-refractivity contribution >= 4 is 5.91 Å². The van der Waals surface area contributed by atoms with E-state index in [4.69, 9.17) is 4.74 Å². The van der Waals surface area contributed by atoms with Gasteiger partial charge in [-0.15, -0.1) is 0 Å². The first-order chi connectivity index (χ1) is 9.58. The number of nitrogens with one attached hydrogen (secondary N) is 1. The normalized spacial score (nSPS) is 10.3. The van der Waals surface area contributed by atoms with Crippen LogP contribution in [0.2, 0.25) is 0 Å². The number of rotatable bonds is 5. The van der Waals surface area contributed by atoms with Crippen molar-refractivity contribution < 1.29 is 9.53 Å². The van der Waals surface area contributed by atoms with E-state index in [-0.39, 0.29) is 5.91 Å². The van der Waals surface area contributed by atoms with E-state index in [0.717, 1.165) is 17.1 Å². The standard InChI is InChI=1S/C14H18N4O2/c1-10-15-13(17-16-10)9-18(2)14(19)8-11-5-4-6-12(7-11)20-3/h4-7H,8-9H2,1-3H3,(H,15,16,17). The predicted molar refractivity (Wildman–Crippen MR) is 74.3 cm³/mol. The van der Waals surface area contributed by atoms with Crippen LogP contribution >= 0.6 is 0 Å². The second kappa shape index (κ2) is 6.18. The second-order valence-corrected chi connectivity index (χ2v) is 4.62. The predicted octanol–water partition coefficient (Wildman–Crippen LogP) is 1.32. The van der Waals surface area contributed by atoms with Crippen LogP contribution in [0.3, 0.4) is 0 Å². The fourth-order valence-corrected chi connectivity index (χ4v) is 1.85. The molecule has 0 atom stereocenters. The van der Waals surface area contributed by atoms with Crippen LogP contribution < -0.4 is 4.74 Å². The Bertz CT molecular complexity index is 594. The van der Waals surface area contributed by atoms with E-state index < -0.39 is 0 Å². The highest BCUT2D eigenvalue weighted by Gasteiger charge is 2.12. The van der Waals surface area contributed by atoms with Gasteiger partial charge in [0.25, 0.3) is 0 Å². The number of benzene rings is 1. The molecule has 0 aliphatic rings. The van der Waals surface area contributed by atoms with Crippen molar-refractivity contribution in [1.82, 2.24) is 20.1 Å². The number of methoxy groups -OCH3 is 1. The highest BCUT2D eigenvalue weighted by atomic mass is 16.5. The number of amides is 1. The molecule has 2 rings (SSSR count). The lowest BCUT2D eigenvalue weighted by Crippen LogP contribution is -2.28. The van der Waals surface area contributed by atoms with Crippen LogP contribution in [0.5, 0.6) is 5.75 Å². The maximum absolute atomic E-state index is 12.1. The summed E-state index contributed by atoms with van der Waals surface area (Å²) < 4.78 is 5.15. The number of aryl methyl sites for hydroxylation is 1. The van der Waals surface area contributed by atoms with Crippen LogP contribution in [0.25, 0.3) is 0 Å². The maximum atomic E-state index is 12.1. The Hall–Kier alpha value is -2.37. The van der Waals surface area contributed by atoms with Crippen molar-refractivity contribution in [1.29, 1.82) is 0 Å². The molecule has 0 aliphatic carbocycles. The molecule has 0 unspecified atom stereocenters. The van der Waals surface area contributed by atoms with Crippen molar-refractivity contribution in [3.63, 3.8) is 0 Å². The average Bonchev–Trinajstić information content (AvgIpc) is 2.84. The molecule has 1 aromatic carbocycles. The Morgan fingerprint density at radius 1 is 1.45 bits per heavy atom. The highest BCUT2D eigenvalue weighted by molar-refractivity contribution is 5.78. The van der Waals surface area contributed by atoms with Crippen molar-refractivity contribution in [3.05, 3.63) is 41.5 Å². The molecule has 1 aromatic heterocycles. The van der Waals surface area contributed by atoms with Gasteiger partial charge in [-0.05, 0) is 24.6 Å². The van der Waals surface area contributed by atoms with Gasteiger partial charge in [0.1, 0.15) is 11.6 Å². The lowest BCUT2D eigenvalue weighted by Gasteiger charge is -2.15. The van der Waals surface area contributed by atoms with E-state index in [1.54, 1.807) is 19.1 Å². The maximum Gasteiger partial charge on any atom is 0.227 e. The lowest BCUT2D eigenvalue weighted by molar-refractivity contribution is -0.129. The molecule has 2 aromatic rings. The van der Waals surface area contributed by atoms with Gasteiger partial charge < -0.3 is 9.64 Å². The summed E-state index contributed by atoms with van der Waals surface area (Å²) in [5.41, 5.74) is 0.923. The number of H-pyrrole nitrogens is 1. The monoisotopic (exact) mass is 274 g/mol. The molecular formula is C14H18N4O2. The zero-order valence-corrected chi connectivity index (χ0v) is 11.9. The summed E-state index contributed by atoms with van der Waals surface area (Å²) in [6.45, 7) is 2.22. The molecule has 1 heterocycles. The minimum atomic E-state index is 0.0145. The molecule has 1 amide bonds. The van der Waals surface area contributed by atoms with Crippen LogP contribution in [0.15, 0.2) is 24.3 Å². The van der Waals surface area contributed by atoms with Gasteiger partial charge in [0.15, 0.2) is 5.82 Å². The number of nitrogens with zero attached hydrogens (tertiary/aromatic N) is 3. The van der Waals surface area contributed by atoms with Crippen LogP contribution in [-0.2, 0) is 17.8 Å². The molecule has 0 bridgehead atoms. The van der Waals surface area contributed by atoms with E-state index in [0.29, 0.717) is 18.8 Å². The summed E-state index contributed by atoms with van der Waals surface area (Å²) in [5.74, 6) is 2.13. The molecule has 0 saturated carbocycles. The fraction of sp³-hybridized carbons (Fsp3) is 0.357. The van der Waals surface area contributed by atoms with Crippen LogP contribution in [-0.4, -0.2) is 40.1 Å². The molecule has 0 saturated heterocycles. The Morgan fingerprint density at radius 3 is 2.90 bits per heavy atom. The Kier molecular flexibility index (Phi) is 4.34. The van der Waals surface area contributed by atoms with Gasteiger partial charge in [-0.2, -0.15) is 5.10 Å². The third kappa shape index (κ3) is 3.57. The molecule has 20 heavy (non-hydrogen) atoms. The van der Waals surface area contributed by atoms with Gasteiger partial charge in [-0.1, -0.05) is 12.1 Å². The molecule has 0 fully saturated rings. The molecule has 0 spiro atoms. The summed E-state index contributed by atoms with van der Waals surface area (Å²) in [4.78, 5) is 17.9. The number of hydrogen-bond donors (Lipinski definition) is 1. The number of ether oxygens (including phenoxy) is 1. The zero-order chi connectivity index (χ0) is 14.5. The number of likely N-dealkylation sites (N-methyl/N-ethyl adjacent to an activating group) is 1. The first-order valence-corrected chi connectivity index (χ1v) is 6.33. The fourth-order valence-electron chi connectivity index (χ4n) is 1.85. The van der Waals surface area contributed by atoms with E-state index in [9.17, 15) is 4.79 Å². The number of hydrogen-bond acceptors (Lipinski definition) is 4. The minimum Gasteiger partial charge on any atom is -0.497 e. The molecular weight excluding hydrogens is 256 g/mol. The average molecular weight is 274 g/mol. The minimum absolute atomic E-state index is 0.0145. The summed E-state index contributed by atoms with van der Waals surface area (Å²) in [6, 6.07) is 7.50. The van der Waals surface area contributed by atoms with E-state index in [1.165, 1.54) is 0 Å². The van der Waals surface area contributed by atoms with Crippen molar-refractivity contribution in [2.75, 3.05) is 14.2 Å². The number of aromatic nitrogens is 3. The first-order valence-electron chi connectivity index (χ1n) is 6.33. The number of aromatic amines is 1. The molecule has 6 nitrogen and oxygen atoms in total. The smallest absolute Gasteiger partial charge is 0.227 e. The van der Waals surface area contributed by atoms with E-state index in [2.05, 4.69) is 15.2 Å². The molecule has 1 N–H and O–H groups in total. The van der Waals surface area contributed by atoms with Crippen LogP contribution in [0.1, 0.15) is 17.2 Å². The Balaban J connectivity index is 1.96. The lowest BCUT2D eigenvalue weighted by atomic mass is 10.1. The van der Waals surface area contributed by atoms with Crippen molar-refractivity contribution in [3.8, 4) is 5.75 Å². The van der Waals surface area contributed by atoms with Gasteiger partial charge in [-0.3, -0.25) is 9.89 Å². The quantitative estimate of drug-likeness (QED) is 0.892. The van der Waals surface area contributed by atoms with Gasteiger partial charge in [0.2, 0.25) is 5.91 Å². The molecule has 0 aliphatic heterocycles. The van der Waals surface area contributed by atoms with E-state index in [1.807, 2.05) is 31.2 Å². The zero-order valence-electron chi connectivity index (χ0n) is 11.9. The molecule has 106 valence electrons. The highest BCUT2D eigenvalue weighted by Crippen LogP contribution is 2.13. The number of carbonyl (C=O) groups excluding carboxylic acids is 1. The Labute approximate surface area is 117 Å². The van der Waals surface area contributed by atoms with Gasteiger partial charge >= 0.3 is 0 Å². The molecule has 0 radical (unpaired) electrons. The first kappa shape index (κ1) is 14.0. The van der Waals surface area contributed by atoms with Crippen molar-refractivity contribution in [2.24, 2.45) is 0 Å². The number of carbonyl (C=O) groups is 1. The van der Waals surface area contributed by atoms with Gasteiger partial charge in [0.05, 0.1) is 20.1 Å². The SMILES string of the molecule is COc1cccc(CC(=O)N(C)Cc2n[nH]c(C)n2)c1. The largest absolute Gasteiger partial charge is 0.497 e. The summed E-state index contributed by atoms with van der Waals surface area (Å²) in [6.07, 6.45) is 0.330. The topological polar surface area (TPSA) is 71.1 Å².